The highest BCUT2D eigenvalue weighted by Gasteiger charge is 2.33. The summed E-state index contributed by atoms with van der Waals surface area (Å²) < 4.78 is 55.4. The van der Waals surface area contributed by atoms with Gasteiger partial charge in [-0.05, 0) is 105 Å². The molecule has 17 nitrogen and oxygen atoms in total. The first-order chi connectivity index (χ1) is 29.6. The molecule has 4 N–H and O–H groups in total. The molecule has 0 unspecified atom stereocenters. The van der Waals surface area contributed by atoms with Gasteiger partial charge in [0.25, 0.3) is 0 Å². The number of alkyl halides is 3. The molecule has 2 aromatic rings. The van der Waals surface area contributed by atoms with Crippen molar-refractivity contribution in [3.05, 3.63) is 65.7 Å². The maximum atomic E-state index is 14.2. The smallest absolute Gasteiger partial charge is 0.416 e. The zero-order valence-corrected chi connectivity index (χ0v) is 38.4. The third-order valence-electron chi connectivity index (χ3n) is 8.72. The van der Waals surface area contributed by atoms with Crippen molar-refractivity contribution in [2.24, 2.45) is 0 Å². The molecule has 20 heteroatoms. The summed E-state index contributed by atoms with van der Waals surface area (Å²) in [7, 11) is 1.42. The summed E-state index contributed by atoms with van der Waals surface area (Å²) >= 11 is 0. The summed E-state index contributed by atoms with van der Waals surface area (Å²) in [6.07, 6.45) is -6.97. The molecule has 2 rings (SSSR count). The number of likely N-dealkylation sites (N-methyl/N-ethyl adjacent to an activating group) is 1. The van der Waals surface area contributed by atoms with Crippen molar-refractivity contribution in [3.8, 4) is 0 Å². The lowest BCUT2D eigenvalue weighted by molar-refractivity contribution is -0.138. The minimum Gasteiger partial charge on any atom is -0.444 e. The lowest BCUT2D eigenvalue weighted by atomic mass is 10.0. The highest BCUT2D eigenvalue weighted by Crippen LogP contribution is 2.30. The maximum absolute atomic E-state index is 14.2. The van der Waals surface area contributed by atoms with Gasteiger partial charge in [0.05, 0.1) is 12.0 Å². The quantitative estimate of drug-likeness (QED) is 0.0983. The second kappa shape index (κ2) is 24.1. The van der Waals surface area contributed by atoms with Crippen LogP contribution in [-0.2, 0) is 46.0 Å². The molecule has 0 aliphatic rings. The molecule has 2 aromatic carbocycles. The SMILES string of the molecule is CN(CCN(C=O)c1ccc(C(F)(F)F)cc1)C(=O)[C@H](CCc1ccccc1)NC(=O)[C@H](CC(=O)N(CCNC(=O)OC(C)(C)C)CCNC(=O)OC(C)(C)C)NC(=O)OC(C)(C)C. The molecule has 7 amide bonds. The molecule has 0 saturated carbocycles. The number of anilines is 1. The van der Waals surface area contributed by atoms with Gasteiger partial charge in [0.1, 0.15) is 28.9 Å². The molecule has 0 radical (unpaired) electrons. The Hall–Kier alpha value is -6.08. The Balaban J connectivity index is 2.39. The van der Waals surface area contributed by atoms with Gasteiger partial charge in [-0.1, -0.05) is 30.3 Å². The number of nitrogens with zero attached hydrogens (tertiary/aromatic N) is 3. The van der Waals surface area contributed by atoms with Gasteiger partial charge < -0.3 is 50.2 Å². The number of hydrogen-bond donors (Lipinski definition) is 4. The van der Waals surface area contributed by atoms with E-state index in [0.29, 0.717) is 12.8 Å². The van der Waals surface area contributed by atoms with E-state index in [1.54, 1.807) is 74.4 Å². The second-order valence-corrected chi connectivity index (χ2v) is 17.8. The third-order valence-corrected chi connectivity index (χ3v) is 8.72. The Morgan fingerprint density at radius 3 is 1.62 bits per heavy atom. The highest BCUT2D eigenvalue weighted by molar-refractivity contribution is 5.94. The van der Waals surface area contributed by atoms with Gasteiger partial charge >= 0.3 is 24.5 Å². The molecule has 0 bridgehead atoms. The largest absolute Gasteiger partial charge is 0.444 e. The Morgan fingerprint density at radius 1 is 0.656 bits per heavy atom. The number of rotatable bonds is 20. The fourth-order valence-corrected chi connectivity index (χ4v) is 5.74. The van der Waals surface area contributed by atoms with Crippen LogP contribution in [0.25, 0.3) is 0 Å². The maximum Gasteiger partial charge on any atom is 0.416 e. The van der Waals surface area contributed by atoms with Crippen LogP contribution in [0.3, 0.4) is 0 Å². The molecule has 0 aliphatic heterocycles. The number of ether oxygens (including phenoxy) is 3. The van der Waals surface area contributed by atoms with E-state index in [-0.39, 0.29) is 51.4 Å². The topological polar surface area (TPSA) is 205 Å². The van der Waals surface area contributed by atoms with Gasteiger partial charge in [-0.2, -0.15) is 13.2 Å². The summed E-state index contributed by atoms with van der Waals surface area (Å²) in [4.78, 5) is 95.8. The number of amides is 7. The minimum atomic E-state index is -4.58. The summed E-state index contributed by atoms with van der Waals surface area (Å²) in [6, 6.07) is 10.2. The van der Waals surface area contributed by atoms with E-state index in [1.165, 1.54) is 16.8 Å². The van der Waals surface area contributed by atoms with E-state index in [4.69, 9.17) is 14.2 Å². The number of carbonyl (C=O) groups excluding carboxylic acids is 7. The van der Waals surface area contributed by atoms with E-state index in [0.717, 1.165) is 34.7 Å². The van der Waals surface area contributed by atoms with E-state index >= 15 is 0 Å². The lowest BCUT2D eigenvalue weighted by Crippen LogP contribution is -2.56. The normalized spacial score (nSPS) is 12.7. The van der Waals surface area contributed by atoms with Crippen LogP contribution >= 0.6 is 0 Å². The van der Waals surface area contributed by atoms with E-state index in [2.05, 4.69) is 21.3 Å². The number of nitrogens with one attached hydrogen (secondary N) is 4. The minimum absolute atomic E-state index is 0.0567. The lowest BCUT2D eigenvalue weighted by Gasteiger charge is -2.30. The van der Waals surface area contributed by atoms with Crippen molar-refractivity contribution < 1.29 is 60.9 Å². The molecule has 2 atom stereocenters. The first kappa shape index (κ1) is 54.1. The molecule has 0 heterocycles. The van der Waals surface area contributed by atoms with Gasteiger partial charge in [0, 0.05) is 52.0 Å². The van der Waals surface area contributed by atoms with Gasteiger partial charge in [-0.15, -0.1) is 0 Å². The predicted octanol–water partition coefficient (Wildman–Crippen LogP) is 5.41. The number of hydrogen-bond acceptors (Lipinski definition) is 10. The van der Waals surface area contributed by atoms with Crippen LogP contribution in [0.2, 0.25) is 0 Å². The number of halogens is 3. The second-order valence-electron chi connectivity index (χ2n) is 17.8. The average molecular weight is 908 g/mol. The molecular formula is C44H64F3N7O10. The van der Waals surface area contributed by atoms with Crippen LogP contribution in [0.1, 0.15) is 86.3 Å². The number of aryl methyl sites for hydroxylation is 1. The van der Waals surface area contributed by atoms with Crippen molar-refractivity contribution >= 4 is 48.1 Å². The molecule has 0 saturated heterocycles. The van der Waals surface area contributed by atoms with Gasteiger partial charge in [0.15, 0.2) is 0 Å². The van der Waals surface area contributed by atoms with E-state index in [1.807, 2.05) is 18.2 Å². The summed E-state index contributed by atoms with van der Waals surface area (Å²) in [5.41, 5.74) is -2.51. The van der Waals surface area contributed by atoms with Crippen LogP contribution < -0.4 is 26.2 Å². The zero-order valence-electron chi connectivity index (χ0n) is 38.4. The van der Waals surface area contributed by atoms with Gasteiger partial charge in [0.2, 0.25) is 24.1 Å². The van der Waals surface area contributed by atoms with Crippen LogP contribution in [-0.4, -0.2) is 127 Å². The molecule has 0 fully saturated rings. The Kier molecular flexibility index (Phi) is 20.4. The van der Waals surface area contributed by atoms with Crippen LogP contribution in [0.15, 0.2) is 54.6 Å². The number of benzene rings is 2. The fraction of sp³-hybridized carbons (Fsp3) is 0.568. The first-order valence-corrected chi connectivity index (χ1v) is 20.8. The van der Waals surface area contributed by atoms with Crippen molar-refractivity contribution in [1.82, 2.24) is 31.1 Å². The molecule has 356 valence electrons. The number of alkyl carbamates (subject to hydrolysis) is 3. The highest BCUT2D eigenvalue weighted by atomic mass is 19.4. The fourth-order valence-electron chi connectivity index (χ4n) is 5.74. The molecule has 0 aliphatic carbocycles. The van der Waals surface area contributed by atoms with E-state index < -0.39 is 83.0 Å². The van der Waals surface area contributed by atoms with E-state index in [9.17, 15) is 46.7 Å². The summed E-state index contributed by atoms with van der Waals surface area (Å²) in [5, 5.41) is 10.3. The standard InChI is InChI=1S/C44H64F3N7O10/c1-41(2,3)62-38(59)48-22-24-53(25-23-49-39(60)63-42(4,5)6)35(56)28-34(51-40(61)64-43(7,8)9)36(57)50-33(21-16-30-14-12-11-13-15-30)37(58)52(10)26-27-54(29-55)32-19-17-31(18-20-32)44(45,46)47/h11-15,17-20,29,33-34H,16,21-28H2,1-10H3,(H,48,59)(H,49,60)(H,50,57)(H,51,61)/t33-,34-/m0/s1. The monoisotopic (exact) mass is 907 g/mol. The molecule has 64 heavy (non-hydrogen) atoms. The average Bonchev–Trinajstić information content (AvgIpc) is 3.16. The Labute approximate surface area is 373 Å². The molecular weight excluding hydrogens is 844 g/mol. The van der Waals surface area contributed by atoms with Crippen molar-refractivity contribution in [3.63, 3.8) is 0 Å². The van der Waals surface area contributed by atoms with Crippen LogP contribution in [0, 0.1) is 0 Å². The third kappa shape index (κ3) is 21.3. The van der Waals surface area contributed by atoms with Crippen LogP contribution in [0.4, 0.5) is 33.2 Å². The van der Waals surface area contributed by atoms with Crippen molar-refractivity contribution in [1.29, 1.82) is 0 Å². The zero-order chi connectivity index (χ0) is 48.5. The van der Waals surface area contributed by atoms with Crippen molar-refractivity contribution in [2.45, 2.75) is 117 Å². The number of carbonyl (C=O) groups is 7. The summed E-state index contributed by atoms with van der Waals surface area (Å²) in [6.45, 7) is 14.3. The van der Waals surface area contributed by atoms with Crippen LogP contribution in [0.5, 0.6) is 0 Å². The summed E-state index contributed by atoms with van der Waals surface area (Å²) in [5.74, 6) is -2.21. The Morgan fingerprint density at radius 2 is 1.16 bits per heavy atom. The Bertz CT molecular complexity index is 1830. The predicted molar refractivity (Wildman–Crippen MR) is 232 cm³/mol. The first-order valence-electron chi connectivity index (χ1n) is 20.8. The molecule has 0 spiro atoms. The van der Waals surface area contributed by atoms with Crippen molar-refractivity contribution in [2.75, 3.05) is 51.2 Å². The van der Waals surface area contributed by atoms with Gasteiger partial charge in [-0.3, -0.25) is 19.2 Å². The van der Waals surface area contributed by atoms with Gasteiger partial charge in [-0.25, -0.2) is 14.4 Å². The molecule has 0 aromatic heterocycles.